The van der Waals surface area contributed by atoms with Crippen LogP contribution in [0.4, 0.5) is 5.69 Å². The first kappa shape index (κ1) is 22.1. The molecule has 0 fully saturated rings. The van der Waals surface area contributed by atoms with Crippen LogP contribution in [0.15, 0.2) is 47.4 Å². The number of ether oxygens (including phenoxy) is 2. The summed E-state index contributed by atoms with van der Waals surface area (Å²) in [6.07, 6.45) is 3.45. The van der Waals surface area contributed by atoms with Crippen molar-refractivity contribution in [2.75, 3.05) is 25.1 Å². The van der Waals surface area contributed by atoms with Gasteiger partial charge in [0.25, 0.3) is 0 Å². The number of benzene rings is 2. The quantitative estimate of drug-likeness (QED) is 0.592. The number of amides is 1. The van der Waals surface area contributed by atoms with Gasteiger partial charge in [-0.3, -0.25) is 4.79 Å². The van der Waals surface area contributed by atoms with Crippen LogP contribution in [-0.4, -0.2) is 34.1 Å². The van der Waals surface area contributed by atoms with Crippen molar-refractivity contribution < 1.29 is 22.7 Å². The Bertz CT molecular complexity index is 958. The zero-order chi connectivity index (χ0) is 21.4. The van der Waals surface area contributed by atoms with Crippen molar-refractivity contribution in [2.24, 2.45) is 0 Å². The maximum atomic E-state index is 12.5. The lowest BCUT2D eigenvalue weighted by Crippen LogP contribution is -2.25. The van der Waals surface area contributed by atoms with E-state index in [2.05, 4.69) is 17.0 Å². The second kappa shape index (κ2) is 10.4. The van der Waals surface area contributed by atoms with E-state index in [-0.39, 0.29) is 23.8 Å². The molecule has 0 spiro atoms. The van der Waals surface area contributed by atoms with Crippen LogP contribution in [-0.2, 0) is 21.2 Å². The molecule has 162 valence electrons. The number of anilines is 1. The highest BCUT2D eigenvalue weighted by Crippen LogP contribution is 2.31. The zero-order valence-electron chi connectivity index (χ0n) is 17.1. The van der Waals surface area contributed by atoms with Crippen LogP contribution in [0.1, 0.15) is 38.2 Å². The number of nitrogens with one attached hydrogen (secondary N) is 2. The van der Waals surface area contributed by atoms with Gasteiger partial charge in [0.1, 0.15) is 0 Å². The maximum Gasteiger partial charge on any atom is 0.240 e. The molecule has 0 radical (unpaired) electrons. The molecular weight excluding hydrogens is 404 g/mol. The molecule has 7 nitrogen and oxygen atoms in total. The van der Waals surface area contributed by atoms with E-state index in [9.17, 15) is 13.2 Å². The van der Waals surface area contributed by atoms with Gasteiger partial charge in [-0.05, 0) is 42.7 Å². The minimum Gasteiger partial charge on any atom is -0.490 e. The Hall–Kier alpha value is -2.58. The summed E-state index contributed by atoms with van der Waals surface area (Å²) in [4.78, 5) is 12.2. The molecule has 3 rings (SSSR count). The summed E-state index contributed by atoms with van der Waals surface area (Å²) in [5, 5.41) is 2.83. The molecule has 0 aliphatic carbocycles. The Balaban J connectivity index is 1.46. The molecule has 2 N–H and O–H groups in total. The van der Waals surface area contributed by atoms with Gasteiger partial charge in [0.2, 0.25) is 15.9 Å². The average Bonchev–Trinajstić information content (AvgIpc) is 2.98. The Morgan fingerprint density at radius 1 is 1.03 bits per heavy atom. The van der Waals surface area contributed by atoms with Gasteiger partial charge < -0.3 is 14.8 Å². The molecule has 1 heterocycles. The number of carbonyl (C=O) groups excluding carboxylic acids is 1. The van der Waals surface area contributed by atoms with E-state index >= 15 is 0 Å². The first-order valence-corrected chi connectivity index (χ1v) is 11.7. The molecule has 0 unspecified atom stereocenters. The zero-order valence-corrected chi connectivity index (χ0v) is 18.0. The monoisotopic (exact) mass is 432 g/mol. The normalized spacial score (nSPS) is 13.5. The van der Waals surface area contributed by atoms with Gasteiger partial charge in [-0.1, -0.05) is 25.5 Å². The summed E-state index contributed by atoms with van der Waals surface area (Å²) < 4.78 is 38.6. The summed E-state index contributed by atoms with van der Waals surface area (Å²) >= 11 is 0. The molecule has 2 aromatic carbocycles. The van der Waals surface area contributed by atoms with E-state index in [4.69, 9.17) is 9.47 Å². The fraction of sp³-hybridized carbons (Fsp3) is 0.409. The van der Waals surface area contributed by atoms with Crippen LogP contribution in [0.25, 0.3) is 0 Å². The molecule has 1 amide bonds. The van der Waals surface area contributed by atoms with E-state index < -0.39 is 10.0 Å². The lowest BCUT2D eigenvalue weighted by Gasteiger charge is -2.11. The molecule has 2 aromatic rings. The minimum atomic E-state index is -3.69. The third-order valence-corrected chi connectivity index (χ3v) is 6.14. The predicted molar refractivity (Wildman–Crippen MR) is 116 cm³/mol. The van der Waals surface area contributed by atoms with Gasteiger partial charge >= 0.3 is 0 Å². The fourth-order valence-corrected chi connectivity index (χ4v) is 4.21. The molecule has 0 bridgehead atoms. The number of hydrogen-bond acceptors (Lipinski definition) is 5. The summed E-state index contributed by atoms with van der Waals surface area (Å²) in [6.45, 7) is 3.32. The molecule has 0 saturated carbocycles. The number of rotatable bonds is 9. The molecule has 30 heavy (non-hydrogen) atoms. The first-order valence-electron chi connectivity index (χ1n) is 10.3. The standard InChI is InChI=1S/C22H28N2O5S/c1-2-5-17-7-9-18(10-8-17)24-22(25)6-3-13-23-30(26,27)19-11-12-20-21(16-19)29-15-4-14-28-20/h7-12,16,23H,2-6,13-15H2,1H3,(H,24,25). The number of carbonyl (C=O) groups is 1. The second-order valence-corrected chi connectivity index (χ2v) is 8.92. The van der Waals surface area contributed by atoms with Crippen LogP contribution in [0.3, 0.4) is 0 Å². The molecule has 1 aliphatic heterocycles. The fourth-order valence-electron chi connectivity index (χ4n) is 3.12. The molecular formula is C22H28N2O5S. The van der Waals surface area contributed by atoms with Gasteiger partial charge in [-0.2, -0.15) is 0 Å². The Kier molecular flexibility index (Phi) is 7.70. The van der Waals surface area contributed by atoms with Crippen LogP contribution >= 0.6 is 0 Å². The summed E-state index contributed by atoms with van der Waals surface area (Å²) in [7, 11) is -3.69. The van der Waals surface area contributed by atoms with E-state index in [1.54, 1.807) is 6.07 Å². The Labute approximate surface area is 177 Å². The molecule has 0 atom stereocenters. The van der Waals surface area contributed by atoms with Crippen molar-refractivity contribution in [3.8, 4) is 11.5 Å². The summed E-state index contributed by atoms with van der Waals surface area (Å²) in [6, 6.07) is 12.3. The number of hydrogen-bond donors (Lipinski definition) is 2. The van der Waals surface area contributed by atoms with Crippen molar-refractivity contribution >= 4 is 21.6 Å². The summed E-state index contributed by atoms with van der Waals surface area (Å²) in [5.41, 5.74) is 1.98. The Morgan fingerprint density at radius 2 is 1.77 bits per heavy atom. The van der Waals surface area contributed by atoms with Crippen LogP contribution in [0.5, 0.6) is 11.5 Å². The highest BCUT2D eigenvalue weighted by molar-refractivity contribution is 7.89. The molecule has 8 heteroatoms. The third kappa shape index (κ3) is 6.21. The number of fused-ring (bicyclic) bond motifs is 1. The van der Waals surface area contributed by atoms with Crippen molar-refractivity contribution in [3.63, 3.8) is 0 Å². The van der Waals surface area contributed by atoms with Crippen molar-refractivity contribution in [2.45, 2.75) is 43.9 Å². The SMILES string of the molecule is CCCc1ccc(NC(=O)CCCNS(=O)(=O)c2ccc3c(c2)OCCCO3)cc1. The lowest BCUT2D eigenvalue weighted by atomic mass is 10.1. The lowest BCUT2D eigenvalue weighted by molar-refractivity contribution is -0.116. The van der Waals surface area contributed by atoms with Gasteiger partial charge in [0.05, 0.1) is 18.1 Å². The molecule has 1 aliphatic rings. The van der Waals surface area contributed by atoms with E-state index in [1.165, 1.54) is 17.7 Å². The van der Waals surface area contributed by atoms with E-state index in [0.717, 1.165) is 24.9 Å². The smallest absolute Gasteiger partial charge is 0.240 e. The highest BCUT2D eigenvalue weighted by Gasteiger charge is 2.18. The van der Waals surface area contributed by atoms with Crippen molar-refractivity contribution in [3.05, 3.63) is 48.0 Å². The van der Waals surface area contributed by atoms with Gasteiger partial charge in [-0.25, -0.2) is 13.1 Å². The Morgan fingerprint density at radius 3 is 2.50 bits per heavy atom. The topological polar surface area (TPSA) is 93.7 Å². The third-order valence-electron chi connectivity index (χ3n) is 4.68. The predicted octanol–water partition coefficient (Wildman–Crippen LogP) is 3.50. The number of aryl methyl sites for hydroxylation is 1. The van der Waals surface area contributed by atoms with Gasteiger partial charge in [0, 0.05) is 31.1 Å². The minimum absolute atomic E-state index is 0.114. The second-order valence-electron chi connectivity index (χ2n) is 7.16. The van der Waals surface area contributed by atoms with E-state index in [0.29, 0.717) is 31.1 Å². The largest absolute Gasteiger partial charge is 0.490 e. The van der Waals surface area contributed by atoms with Gasteiger partial charge in [-0.15, -0.1) is 0 Å². The highest BCUT2D eigenvalue weighted by atomic mass is 32.2. The molecule has 0 saturated heterocycles. The summed E-state index contributed by atoms with van der Waals surface area (Å²) in [5.74, 6) is 0.832. The molecule has 0 aromatic heterocycles. The van der Waals surface area contributed by atoms with Crippen molar-refractivity contribution in [1.82, 2.24) is 4.72 Å². The van der Waals surface area contributed by atoms with Crippen LogP contribution < -0.4 is 19.5 Å². The van der Waals surface area contributed by atoms with Crippen molar-refractivity contribution in [1.29, 1.82) is 0 Å². The number of sulfonamides is 1. The average molecular weight is 433 g/mol. The first-order chi connectivity index (χ1) is 14.5. The maximum absolute atomic E-state index is 12.5. The van der Waals surface area contributed by atoms with E-state index in [1.807, 2.05) is 24.3 Å². The van der Waals surface area contributed by atoms with Crippen LogP contribution in [0, 0.1) is 0 Å². The van der Waals surface area contributed by atoms with Gasteiger partial charge in [0.15, 0.2) is 11.5 Å². The van der Waals surface area contributed by atoms with Crippen LogP contribution in [0.2, 0.25) is 0 Å².